The van der Waals surface area contributed by atoms with Gasteiger partial charge in [0.2, 0.25) is 0 Å². The molecule has 1 atom stereocenters. The summed E-state index contributed by atoms with van der Waals surface area (Å²) in [7, 11) is 0. The van der Waals surface area contributed by atoms with Gasteiger partial charge in [0.25, 0.3) is 0 Å². The molecule has 0 fully saturated rings. The molecule has 0 saturated heterocycles. The van der Waals surface area contributed by atoms with Crippen molar-refractivity contribution in [2.24, 2.45) is 0 Å². The fourth-order valence-corrected chi connectivity index (χ4v) is 1.56. The molecule has 1 aromatic carbocycles. The van der Waals surface area contributed by atoms with E-state index in [0.717, 1.165) is 11.3 Å². The number of benzene rings is 1. The van der Waals surface area contributed by atoms with Gasteiger partial charge in [-0.25, -0.2) is 0 Å². The van der Waals surface area contributed by atoms with E-state index in [9.17, 15) is 0 Å². The van der Waals surface area contributed by atoms with Crippen LogP contribution in [0.25, 0.3) is 0 Å². The molecule has 2 rings (SSSR count). The first-order valence-electron chi connectivity index (χ1n) is 3.84. The van der Waals surface area contributed by atoms with Gasteiger partial charge in [-0.3, -0.25) is 0 Å². The van der Waals surface area contributed by atoms with E-state index in [2.05, 4.69) is 0 Å². The van der Waals surface area contributed by atoms with Gasteiger partial charge >= 0.3 is 0 Å². The van der Waals surface area contributed by atoms with Gasteiger partial charge in [-0.2, -0.15) is 0 Å². The summed E-state index contributed by atoms with van der Waals surface area (Å²) in [6, 6.07) is 5.51. The predicted molar refractivity (Wildman–Crippen MR) is 46.8 cm³/mol. The summed E-state index contributed by atoms with van der Waals surface area (Å²) in [5.74, 6) is 0.929. The molecule has 1 unspecified atom stereocenters. The van der Waals surface area contributed by atoms with Gasteiger partial charge in [-0.15, -0.1) is 0 Å². The summed E-state index contributed by atoms with van der Waals surface area (Å²) in [5, 5.41) is 9.64. The SMILES string of the molecule is OCC1COc2cc(Cl)ccc21. The molecule has 2 nitrogen and oxygen atoms in total. The number of aliphatic hydroxyl groups is 1. The van der Waals surface area contributed by atoms with Gasteiger partial charge in [0, 0.05) is 16.5 Å². The third-order valence-electron chi connectivity index (χ3n) is 2.08. The number of hydrogen-bond acceptors (Lipinski definition) is 2. The third kappa shape index (κ3) is 1.17. The van der Waals surface area contributed by atoms with Crippen LogP contribution in [0.1, 0.15) is 11.5 Å². The molecule has 0 radical (unpaired) electrons. The molecule has 0 aliphatic carbocycles. The van der Waals surface area contributed by atoms with Crippen molar-refractivity contribution in [3.8, 4) is 5.75 Å². The number of aliphatic hydroxyl groups excluding tert-OH is 1. The van der Waals surface area contributed by atoms with Crippen LogP contribution < -0.4 is 4.74 Å². The Morgan fingerprint density at radius 2 is 2.42 bits per heavy atom. The highest BCUT2D eigenvalue weighted by atomic mass is 35.5. The first-order valence-corrected chi connectivity index (χ1v) is 4.22. The van der Waals surface area contributed by atoms with E-state index >= 15 is 0 Å². The zero-order valence-electron chi connectivity index (χ0n) is 6.46. The van der Waals surface area contributed by atoms with Crippen molar-refractivity contribution in [2.75, 3.05) is 13.2 Å². The first kappa shape index (κ1) is 7.90. The van der Waals surface area contributed by atoms with Crippen LogP contribution in [0, 0.1) is 0 Å². The minimum atomic E-state index is 0.122. The second-order valence-corrected chi connectivity index (χ2v) is 3.31. The molecule has 3 heteroatoms. The molecule has 1 heterocycles. The average molecular weight is 185 g/mol. The normalized spacial score (nSPS) is 20.3. The fraction of sp³-hybridized carbons (Fsp3) is 0.333. The smallest absolute Gasteiger partial charge is 0.124 e. The van der Waals surface area contributed by atoms with Crippen LogP contribution in [0.4, 0.5) is 0 Å². The Balaban J connectivity index is 2.40. The Morgan fingerprint density at radius 1 is 1.58 bits per heavy atom. The molecule has 0 bridgehead atoms. The molecular weight excluding hydrogens is 176 g/mol. The van der Waals surface area contributed by atoms with Crippen LogP contribution in [0.2, 0.25) is 5.02 Å². The quantitative estimate of drug-likeness (QED) is 0.722. The summed E-state index contributed by atoms with van der Waals surface area (Å²) in [6.07, 6.45) is 0. The minimum absolute atomic E-state index is 0.122. The van der Waals surface area contributed by atoms with E-state index in [1.807, 2.05) is 12.1 Å². The van der Waals surface area contributed by atoms with E-state index in [1.165, 1.54) is 0 Å². The van der Waals surface area contributed by atoms with Crippen molar-refractivity contribution in [2.45, 2.75) is 5.92 Å². The third-order valence-corrected chi connectivity index (χ3v) is 2.31. The fourth-order valence-electron chi connectivity index (χ4n) is 1.40. The molecule has 1 aliphatic heterocycles. The molecule has 0 amide bonds. The molecule has 0 spiro atoms. The maximum Gasteiger partial charge on any atom is 0.124 e. The summed E-state index contributed by atoms with van der Waals surface area (Å²) in [6.45, 7) is 0.695. The van der Waals surface area contributed by atoms with Crippen molar-refractivity contribution < 1.29 is 9.84 Å². The lowest BCUT2D eigenvalue weighted by atomic mass is 10.0. The molecule has 1 N–H and O–H groups in total. The monoisotopic (exact) mass is 184 g/mol. The Kier molecular flexibility index (Phi) is 1.95. The zero-order valence-corrected chi connectivity index (χ0v) is 7.21. The Labute approximate surface area is 75.7 Å². The van der Waals surface area contributed by atoms with Crippen LogP contribution >= 0.6 is 11.6 Å². The van der Waals surface area contributed by atoms with Gasteiger partial charge in [0.15, 0.2) is 0 Å². The number of halogens is 1. The molecular formula is C9H9ClO2. The van der Waals surface area contributed by atoms with Crippen molar-refractivity contribution in [3.05, 3.63) is 28.8 Å². The molecule has 0 aromatic heterocycles. The van der Waals surface area contributed by atoms with Crippen LogP contribution in [0.15, 0.2) is 18.2 Å². The highest BCUT2D eigenvalue weighted by Crippen LogP contribution is 2.35. The highest BCUT2D eigenvalue weighted by Gasteiger charge is 2.22. The number of rotatable bonds is 1. The standard InChI is InChI=1S/C9H9ClO2/c10-7-1-2-8-6(4-11)5-12-9(8)3-7/h1-3,6,11H,4-5H2. The number of ether oxygens (including phenoxy) is 1. The van der Waals surface area contributed by atoms with Crippen LogP contribution in [0.3, 0.4) is 0 Å². The summed E-state index contributed by atoms with van der Waals surface area (Å²) >= 11 is 5.77. The number of fused-ring (bicyclic) bond motifs is 1. The van der Waals surface area contributed by atoms with Gasteiger partial charge in [0.1, 0.15) is 5.75 Å². The maximum absolute atomic E-state index is 8.97. The average Bonchev–Trinajstić information content (AvgIpc) is 2.46. The first-order chi connectivity index (χ1) is 5.81. The predicted octanol–water partition coefficient (Wildman–Crippen LogP) is 1.81. The maximum atomic E-state index is 8.97. The summed E-state index contributed by atoms with van der Waals surface area (Å²) in [4.78, 5) is 0. The molecule has 1 aliphatic rings. The lowest BCUT2D eigenvalue weighted by molar-refractivity contribution is 0.232. The lowest BCUT2D eigenvalue weighted by Crippen LogP contribution is -2.04. The zero-order chi connectivity index (χ0) is 8.55. The Bertz CT molecular complexity index is 299. The second-order valence-electron chi connectivity index (χ2n) is 2.87. The van der Waals surface area contributed by atoms with E-state index in [4.69, 9.17) is 21.4 Å². The van der Waals surface area contributed by atoms with Crippen LogP contribution in [-0.4, -0.2) is 18.3 Å². The van der Waals surface area contributed by atoms with E-state index < -0.39 is 0 Å². The molecule has 64 valence electrons. The van der Waals surface area contributed by atoms with Crippen molar-refractivity contribution in [1.29, 1.82) is 0 Å². The largest absolute Gasteiger partial charge is 0.493 e. The van der Waals surface area contributed by atoms with Crippen LogP contribution in [0.5, 0.6) is 5.75 Å². The highest BCUT2D eigenvalue weighted by molar-refractivity contribution is 6.30. The molecule has 0 saturated carbocycles. The Hall–Kier alpha value is -0.730. The van der Waals surface area contributed by atoms with Gasteiger partial charge < -0.3 is 9.84 Å². The minimum Gasteiger partial charge on any atom is -0.493 e. The van der Waals surface area contributed by atoms with Gasteiger partial charge in [-0.05, 0) is 12.1 Å². The lowest BCUT2D eigenvalue weighted by Gasteiger charge is -2.02. The van der Waals surface area contributed by atoms with Gasteiger partial charge in [0.05, 0.1) is 13.2 Å². The van der Waals surface area contributed by atoms with Crippen LogP contribution in [-0.2, 0) is 0 Å². The van der Waals surface area contributed by atoms with E-state index in [1.54, 1.807) is 6.07 Å². The van der Waals surface area contributed by atoms with E-state index in [-0.39, 0.29) is 12.5 Å². The van der Waals surface area contributed by atoms with E-state index in [0.29, 0.717) is 11.6 Å². The number of hydrogen-bond donors (Lipinski definition) is 1. The van der Waals surface area contributed by atoms with Crippen molar-refractivity contribution >= 4 is 11.6 Å². The molecule has 1 aromatic rings. The van der Waals surface area contributed by atoms with Gasteiger partial charge in [-0.1, -0.05) is 17.7 Å². The Morgan fingerprint density at radius 3 is 3.17 bits per heavy atom. The summed E-state index contributed by atoms with van der Waals surface area (Å²) < 4.78 is 5.34. The van der Waals surface area contributed by atoms with Crippen molar-refractivity contribution in [1.82, 2.24) is 0 Å². The topological polar surface area (TPSA) is 29.5 Å². The van der Waals surface area contributed by atoms with Crippen molar-refractivity contribution in [3.63, 3.8) is 0 Å². The molecule has 12 heavy (non-hydrogen) atoms. The second kappa shape index (κ2) is 2.96. The summed E-state index contributed by atoms with van der Waals surface area (Å²) in [5.41, 5.74) is 1.06.